The summed E-state index contributed by atoms with van der Waals surface area (Å²) in [6.07, 6.45) is 0.903. The molecular weight excluding hydrogens is 364 g/mol. The molecule has 0 aromatic heterocycles. The Morgan fingerprint density at radius 1 is 1.07 bits per heavy atom. The molecular formula is C21H27ClN2O3. The van der Waals surface area contributed by atoms with Gasteiger partial charge in [-0.25, -0.2) is 0 Å². The van der Waals surface area contributed by atoms with Crippen LogP contribution in [-0.2, 0) is 13.1 Å². The van der Waals surface area contributed by atoms with Crippen LogP contribution in [0.25, 0.3) is 0 Å². The first kappa shape index (κ1) is 21.1. The summed E-state index contributed by atoms with van der Waals surface area (Å²) < 4.78 is 11.4. The predicted octanol–water partition coefficient (Wildman–Crippen LogP) is 4.18. The van der Waals surface area contributed by atoms with Crippen molar-refractivity contribution in [3.05, 3.63) is 58.1 Å². The molecule has 6 heteroatoms. The van der Waals surface area contributed by atoms with Crippen molar-refractivity contribution in [1.29, 1.82) is 0 Å². The summed E-state index contributed by atoms with van der Waals surface area (Å²) in [6, 6.07) is 11.4. The average molecular weight is 391 g/mol. The van der Waals surface area contributed by atoms with Crippen LogP contribution in [0.2, 0.25) is 5.02 Å². The van der Waals surface area contributed by atoms with Crippen molar-refractivity contribution < 1.29 is 14.3 Å². The molecule has 0 spiro atoms. The SMILES string of the molecule is CCCOc1c(Cl)cc(CNCc2cccc(C(=O)NC)c2)cc1OCC. The first-order valence-electron chi connectivity index (χ1n) is 9.18. The van der Waals surface area contributed by atoms with Crippen molar-refractivity contribution in [3.63, 3.8) is 0 Å². The highest BCUT2D eigenvalue weighted by Gasteiger charge is 2.12. The maximum absolute atomic E-state index is 11.7. The van der Waals surface area contributed by atoms with Gasteiger partial charge in [0.05, 0.1) is 18.2 Å². The Hall–Kier alpha value is -2.24. The first-order chi connectivity index (χ1) is 13.1. The van der Waals surface area contributed by atoms with E-state index in [0.29, 0.717) is 48.4 Å². The van der Waals surface area contributed by atoms with E-state index in [1.54, 1.807) is 13.1 Å². The van der Waals surface area contributed by atoms with Gasteiger partial charge in [-0.1, -0.05) is 30.7 Å². The summed E-state index contributed by atoms with van der Waals surface area (Å²) in [5.74, 6) is 1.17. The molecule has 2 aromatic rings. The standard InChI is InChI=1S/C21H27ClN2O3/c1-4-9-27-20-18(22)11-16(12-19(20)26-5-2)14-24-13-15-7-6-8-17(10-15)21(25)23-3/h6-8,10-12,24H,4-5,9,13-14H2,1-3H3,(H,23,25). The third-order valence-corrected chi connectivity index (χ3v) is 4.17. The number of rotatable bonds is 10. The maximum Gasteiger partial charge on any atom is 0.251 e. The zero-order chi connectivity index (χ0) is 19.6. The molecule has 0 heterocycles. The van der Waals surface area contributed by atoms with Crippen molar-refractivity contribution in [2.75, 3.05) is 20.3 Å². The van der Waals surface area contributed by atoms with Crippen LogP contribution in [-0.4, -0.2) is 26.2 Å². The Morgan fingerprint density at radius 3 is 2.56 bits per heavy atom. The minimum absolute atomic E-state index is 0.0901. The van der Waals surface area contributed by atoms with Crippen LogP contribution in [0.15, 0.2) is 36.4 Å². The molecule has 0 saturated heterocycles. The smallest absolute Gasteiger partial charge is 0.251 e. The Labute approximate surface area is 166 Å². The number of nitrogens with one attached hydrogen (secondary N) is 2. The van der Waals surface area contributed by atoms with E-state index in [-0.39, 0.29) is 5.91 Å². The van der Waals surface area contributed by atoms with Gasteiger partial charge in [-0.3, -0.25) is 4.79 Å². The first-order valence-corrected chi connectivity index (χ1v) is 9.56. The zero-order valence-corrected chi connectivity index (χ0v) is 16.9. The summed E-state index contributed by atoms with van der Waals surface area (Å²) >= 11 is 6.40. The second-order valence-corrected chi connectivity index (χ2v) is 6.48. The molecule has 0 aliphatic rings. The highest BCUT2D eigenvalue weighted by atomic mass is 35.5. The summed E-state index contributed by atoms with van der Waals surface area (Å²) in [5.41, 5.74) is 2.70. The van der Waals surface area contributed by atoms with E-state index in [9.17, 15) is 4.79 Å². The Balaban J connectivity index is 2.04. The van der Waals surface area contributed by atoms with E-state index in [0.717, 1.165) is 17.5 Å². The molecule has 2 aromatic carbocycles. The lowest BCUT2D eigenvalue weighted by atomic mass is 10.1. The predicted molar refractivity (Wildman–Crippen MR) is 109 cm³/mol. The maximum atomic E-state index is 11.7. The van der Waals surface area contributed by atoms with E-state index in [1.165, 1.54) is 0 Å². The van der Waals surface area contributed by atoms with Crippen LogP contribution < -0.4 is 20.1 Å². The third-order valence-electron chi connectivity index (χ3n) is 3.89. The average Bonchev–Trinajstić information content (AvgIpc) is 2.67. The van der Waals surface area contributed by atoms with Gasteiger partial charge in [0.25, 0.3) is 5.91 Å². The normalized spacial score (nSPS) is 10.5. The van der Waals surface area contributed by atoms with Gasteiger partial charge in [0.15, 0.2) is 11.5 Å². The molecule has 0 aliphatic heterocycles. The van der Waals surface area contributed by atoms with Crippen molar-refractivity contribution in [2.45, 2.75) is 33.4 Å². The second-order valence-electron chi connectivity index (χ2n) is 6.07. The molecule has 0 unspecified atom stereocenters. The fourth-order valence-corrected chi connectivity index (χ4v) is 2.94. The number of carbonyl (C=O) groups is 1. The fourth-order valence-electron chi connectivity index (χ4n) is 2.65. The van der Waals surface area contributed by atoms with Crippen LogP contribution in [0.1, 0.15) is 41.8 Å². The number of hydrogen-bond acceptors (Lipinski definition) is 4. The summed E-state index contributed by atoms with van der Waals surface area (Å²) in [6.45, 7) is 6.38. The number of hydrogen-bond donors (Lipinski definition) is 2. The highest BCUT2D eigenvalue weighted by Crippen LogP contribution is 2.36. The van der Waals surface area contributed by atoms with Gasteiger partial charge in [-0.05, 0) is 48.7 Å². The van der Waals surface area contributed by atoms with Gasteiger partial charge in [0, 0.05) is 25.7 Å². The number of carbonyl (C=O) groups excluding carboxylic acids is 1. The van der Waals surface area contributed by atoms with Crippen molar-refractivity contribution >= 4 is 17.5 Å². The van der Waals surface area contributed by atoms with E-state index < -0.39 is 0 Å². The molecule has 5 nitrogen and oxygen atoms in total. The van der Waals surface area contributed by atoms with Crippen molar-refractivity contribution in [2.24, 2.45) is 0 Å². The minimum Gasteiger partial charge on any atom is -0.490 e. The Morgan fingerprint density at radius 2 is 1.85 bits per heavy atom. The summed E-state index contributed by atoms with van der Waals surface area (Å²) in [7, 11) is 1.63. The molecule has 0 aliphatic carbocycles. The molecule has 1 amide bonds. The molecule has 0 saturated carbocycles. The topological polar surface area (TPSA) is 59.6 Å². The zero-order valence-electron chi connectivity index (χ0n) is 16.1. The van der Waals surface area contributed by atoms with Gasteiger partial charge in [0.1, 0.15) is 0 Å². The van der Waals surface area contributed by atoms with Crippen molar-refractivity contribution in [3.8, 4) is 11.5 Å². The van der Waals surface area contributed by atoms with Gasteiger partial charge in [-0.15, -0.1) is 0 Å². The highest BCUT2D eigenvalue weighted by molar-refractivity contribution is 6.32. The minimum atomic E-state index is -0.0901. The van der Waals surface area contributed by atoms with E-state index >= 15 is 0 Å². The lowest BCUT2D eigenvalue weighted by Crippen LogP contribution is -2.18. The summed E-state index contributed by atoms with van der Waals surface area (Å²) in [4.78, 5) is 11.7. The lowest BCUT2D eigenvalue weighted by molar-refractivity contribution is 0.0963. The second kappa shape index (κ2) is 10.8. The Kier molecular flexibility index (Phi) is 8.43. The molecule has 27 heavy (non-hydrogen) atoms. The Bertz CT molecular complexity index is 765. The molecule has 0 bridgehead atoms. The molecule has 2 rings (SSSR count). The third kappa shape index (κ3) is 6.15. The van der Waals surface area contributed by atoms with Gasteiger partial charge in [-0.2, -0.15) is 0 Å². The monoisotopic (exact) mass is 390 g/mol. The molecule has 146 valence electrons. The lowest BCUT2D eigenvalue weighted by Gasteiger charge is -2.15. The van der Waals surface area contributed by atoms with Crippen LogP contribution in [0.3, 0.4) is 0 Å². The van der Waals surface area contributed by atoms with Crippen LogP contribution >= 0.6 is 11.6 Å². The van der Waals surface area contributed by atoms with Crippen LogP contribution in [0, 0.1) is 0 Å². The molecule has 0 radical (unpaired) electrons. The van der Waals surface area contributed by atoms with E-state index in [1.807, 2.05) is 44.2 Å². The van der Waals surface area contributed by atoms with Crippen LogP contribution in [0.5, 0.6) is 11.5 Å². The number of amides is 1. The van der Waals surface area contributed by atoms with Crippen molar-refractivity contribution in [1.82, 2.24) is 10.6 Å². The van der Waals surface area contributed by atoms with Gasteiger partial charge >= 0.3 is 0 Å². The van der Waals surface area contributed by atoms with Gasteiger partial charge in [0.2, 0.25) is 0 Å². The molecule has 2 N–H and O–H groups in total. The quantitative estimate of drug-likeness (QED) is 0.639. The largest absolute Gasteiger partial charge is 0.490 e. The molecule has 0 fully saturated rings. The van der Waals surface area contributed by atoms with E-state index in [4.69, 9.17) is 21.1 Å². The van der Waals surface area contributed by atoms with E-state index in [2.05, 4.69) is 10.6 Å². The number of halogens is 1. The fraction of sp³-hybridized carbons (Fsp3) is 0.381. The number of ether oxygens (including phenoxy) is 2. The van der Waals surface area contributed by atoms with Gasteiger partial charge < -0.3 is 20.1 Å². The molecule has 0 atom stereocenters. The number of benzene rings is 2. The summed E-state index contributed by atoms with van der Waals surface area (Å²) in [5, 5.41) is 6.56. The van der Waals surface area contributed by atoms with Crippen LogP contribution in [0.4, 0.5) is 0 Å².